The number of carbonyl (C=O) groups excluding carboxylic acids is 1. The predicted molar refractivity (Wildman–Crippen MR) is 117 cm³/mol. The number of carboxylic acid groups (broad SMARTS) is 1. The Hall–Kier alpha value is -3.18. The van der Waals surface area contributed by atoms with Gasteiger partial charge in [-0.05, 0) is 29.7 Å². The molecule has 1 amide bonds. The first-order valence-electron chi connectivity index (χ1n) is 9.59. The van der Waals surface area contributed by atoms with Gasteiger partial charge in [-0.15, -0.1) is 0 Å². The largest absolute Gasteiger partial charge is 0.481 e. The second-order valence-corrected chi connectivity index (χ2v) is 7.62. The molecule has 1 N–H and O–H groups in total. The molecule has 0 bridgehead atoms. The van der Waals surface area contributed by atoms with Crippen molar-refractivity contribution in [1.82, 2.24) is 9.88 Å². The van der Waals surface area contributed by atoms with Crippen LogP contribution < -0.4 is 0 Å². The van der Waals surface area contributed by atoms with Crippen molar-refractivity contribution in [1.29, 1.82) is 0 Å². The van der Waals surface area contributed by atoms with E-state index in [1.54, 1.807) is 24.1 Å². The molecule has 6 heteroatoms. The fourth-order valence-electron chi connectivity index (χ4n) is 3.35. The number of aliphatic carboxylic acids is 1. The van der Waals surface area contributed by atoms with Gasteiger partial charge in [-0.25, -0.2) is 4.98 Å². The van der Waals surface area contributed by atoms with Gasteiger partial charge >= 0.3 is 5.97 Å². The number of nitrogens with zero attached hydrogens (tertiary/aromatic N) is 2. The molecule has 0 fully saturated rings. The number of hydrogen-bond acceptors (Lipinski definition) is 3. The van der Waals surface area contributed by atoms with E-state index in [0.717, 1.165) is 27.8 Å². The SMILES string of the molecule is CC(=O)N(Cc1ccccc1)Cc1cc(C)ccc1-c1cnc(Cl)c(CC(=O)O)c1. The summed E-state index contributed by atoms with van der Waals surface area (Å²) in [5.41, 5.74) is 5.22. The second-order valence-electron chi connectivity index (χ2n) is 7.27. The lowest BCUT2D eigenvalue weighted by Crippen LogP contribution is -2.28. The van der Waals surface area contributed by atoms with Crippen molar-refractivity contribution in [3.05, 3.63) is 88.2 Å². The van der Waals surface area contributed by atoms with Crippen molar-refractivity contribution in [3.8, 4) is 11.1 Å². The van der Waals surface area contributed by atoms with E-state index in [2.05, 4.69) is 4.98 Å². The van der Waals surface area contributed by atoms with Gasteiger partial charge in [-0.3, -0.25) is 9.59 Å². The lowest BCUT2D eigenvalue weighted by Gasteiger charge is -2.23. The number of hydrogen-bond donors (Lipinski definition) is 1. The minimum atomic E-state index is -0.967. The van der Waals surface area contributed by atoms with Crippen molar-refractivity contribution in [3.63, 3.8) is 0 Å². The van der Waals surface area contributed by atoms with Crippen LogP contribution in [0.5, 0.6) is 0 Å². The van der Waals surface area contributed by atoms with Crippen LogP contribution in [0.3, 0.4) is 0 Å². The van der Waals surface area contributed by atoms with Gasteiger partial charge in [0, 0.05) is 37.3 Å². The lowest BCUT2D eigenvalue weighted by molar-refractivity contribution is -0.136. The van der Waals surface area contributed by atoms with Crippen LogP contribution in [0.2, 0.25) is 5.15 Å². The van der Waals surface area contributed by atoms with E-state index >= 15 is 0 Å². The van der Waals surface area contributed by atoms with Crippen LogP contribution in [0.15, 0.2) is 60.8 Å². The zero-order valence-electron chi connectivity index (χ0n) is 16.9. The summed E-state index contributed by atoms with van der Waals surface area (Å²) in [7, 11) is 0. The third-order valence-electron chi connectivity index (χ3n) is 4.85. The number of aryl methyl sites for hydroxylation is 1. The Balaban J connectivity index is 1.97. The lowest BCUT2D eigenvalue weighted by atomic mass is 9.97. The van der Waals surface area contributed by atoms with Gasteiger partial charge in [0.05, 0.1) is 6.42 Å². The third-order valence-corrected chi connectivity index (χ3v) is 5.19. The number of carboxylic acids is 1. The highest BCUT2D eigenvalue weighted by Gasteiger charge is 2.16. The Morgan fingerprint density at radius 3 is 2.43 bits per heavy atom. The third kappa shape index (κ3) is 5.45. The van der Waals surface area contributed by atoms with E-state index in [-0.39, 0.29) is 17.5 Å². The van der Waals surface area contributed by atoms with Gasteiger partial charge in [0.25, 0.3) is 0 Å². The molecule has 2 aromatic carbocycles. The molecule has 3 rings (SSSR count). The van der Waals surface area contributed by atoms with E-state index in [0.29, 0.717) is 18.7 Å². The maximum Gasteiger partial charge on any atom is 0.307 e. The molecule has 1 aromatic heterocycles. The topological polar surface area (TPSA) is 70.5 Å². The number of pyridine rings is 1. The standard InChI is InChI=1S/C24H23ClN2O3/c1-16-8-9-22(20-11-19(12-23(29)30)24(25)26-13-20)21(10-16)15-27(17(2)28)14-18-6-4-3-5-7-18/h3-11,13H,12,14-15H2,1-2H3,(H,29,30). The van der Waals surface area contributed by atoms with E-state index in [9.17, 15) is 9.59 Å². The van der Waals surface area contributed by atoms with E-state index < -0.39 is 5.97 Å². The number of carbonyl (C=O) groups is 2. The number of aromatic nitrogens is 1. The molecular weight excluding hydrogens is 400 g/mol. The maximum atomic E-state index is 12.3. The van der Waals surface area contributed by atoms with Gasteiger partial charge in [0.15, 0.2) is 0 Å². The highest BCUT2D eigenvalue weighted by molar-refractivity contribution is 6.30. The highest BCUT2D eigenvalue weighted by atomic mass is 35.5. The van der Waals surface area contributed by atoms with Crippen LogP contribution in [-0.2, 0) is 29.1 Å². The molecule has 0 unspecified atom stereocenters. The van der Waals surface area contributed by atoms with Gasteiger partial charge in [-0.1, -0.05) is 65.7 Å². The molecule has 0 saturated carbocycles. The zero-order chi connectivity index (χ0) is 21.7. The van der Waals surface area contributed by atoms with E-state index in [1.165, 1.54) is 0 Å². The first-order valence-corrected chi connectivity index (χ1v) is 9.97. The zero-order valence-corrected chi connectivity index (χ0v) is 17.7. The van der Waals surface area contributed by atoms with Crippen LogP contribution in [0.1, 0.15) is 29.2 Å². The average Bonchev–Trinajstić information content (AvgIpc) is 2.70. The van der Waals surface area contributed by atoms with Crippen LogP contribution in [0.25, 0.3) is 11.1 Å². The first-order chi connectivity index (χ1) is 14.3. The average molecular weight is 423 g/mol. The van der Waals surface area contributed by atoms with Crippen molar-refractivity contribution in [2.45, 2.75) is 33.4 Å². The Bertz CT molecular complexity index is 1070. The number of rotatable bonds is 7. The molecule has 3 aromatic rings. The van der Waals surface area contributed by atoms with E-state index in [4.69, 9.17) is 16.7 Å². The van der Waals surface area contributed by atoms with Crippen molar-refractivity contribution < 1.29 is 14.7 Å². The highest BCUT2D eigenvalue weighted by Crippen LogP contribution is 2.29. The van der Waals surface area contributed by atoms with Crippen molar-refractivity contribution in [2.75, 3.05) is 0 Å². The summed E-state index contributed by atoms with van der Waals surface area (Å²) in [6.45, 7) is 4.50. The normalized spacial score (nSPS) is 10.6. The van der Waals surface area contributed by atoms with Crippen LogP contribution in [0.4, 0.5) is 0 Å². The van der Waals surface area contributed by atoms with Crippen molar-refractivity contribution in [2.24, 2.45) is 0 Å². The smallest absolute Gasteiger partial charge is 0.307 e. The molecular formula is C24H23ClN2O3. The molecule has 0 spiro atoms. The van der Waals surface area contributed by atoms with Gasteiger partial charge in [0.2, 0.25) is 5.91 Å². The molecule has 0 aliphatic carbocycles. The Kier molecular flexibility index (Phi) is 6.85. The number of halogens is 1. The number of benzene rings is 2. The molecule has 0 aliphatic rings. The Morgan fingerprint density at radius 1 is 1.03 bits per heavy atom. The molecule has 0 radical (unpaired) electrons. The predicted octanol–water partition coefficient (Wildman–Crippen LogP) is 4.89. The molecule has 0 aliphatic heterocycles. The Morgan fingerprint density at radius 2 is 1.77 bits per heavy atom. The summed E-state index contributed by atoms with van der Waals surface area (Å²) in [5.74, 6) is -0.988. The summed E-state index contributed by atoms with van der Waals surface area (Å²) in [5, 5.41) is 9.32. The maximum absolute atomic E-state index is 12.3. The minimum Gasteiger partial charge on any atom is -0.481 e. The van der Waals surface area contributed by atoms with Gasteiger partial charge in [0.1, 0.15) is 5.15 Å². The quantitative estimate of drug-likeness (QED) is 0.550. The van der Waals surface area contributed by atoms with Gasteiger partial charge < -0.3 is 10.0 Å². The fraction of sp³-hybridized carbons (Fsp3) is 0.208. The van der Waals surface area contributed by atoms with Crippen molar-refractivity contribution >= 4 is 23.5 Å². The minimum absolute atomic E-state index is 0.0212. The summed E-state index contributed by atoms with van der Waals surface area (Å²) >= 11 is 6.08. The second kappa shape index (κ2) is 9.55. The summed E-state index contributed by atoms with van der Waals surface area (Å²) in [4.78, 5) is 29.4. The Labute approximate surface area is 181 Å². The monoisotopic (exact) mass is 422 g/mol. The van der Waals surface area contributed by atoms with E-state index in [1.807, 2.05) is 55.5 Å². The fourth-order valence-corrected chi connectivity index (χ4v) is 3.52. The number of amides is 1. The van der Waals surface area contributed by atoms with Crippen LogP contribution in [0, 0.1) is 6.92 Å². The summed E-state index contributed by atoms with van der Waals surface area (Å²) < 4.78 is 0. The molecule has 0 saturated heterocycles. The molecule has 1 heterocycles. The molecule has 154 valence electrons. The van der Waals surface area contributed by atoms with Crippen LogP contribution in [-0.4, -0.2) is 26.9 Å². The van der Waals surface area contributed by atoms with Crippen LogP contribution >= 0.6 is 11.6 Å². The molecule has 5 nitrogen and oxygen atoms in total. The summed E-state index contributed by atoms with van der Waals surface area (Å²) in [6, 6.07) is 17.6. The van der Waals surface area contributed by atoms with Gasteiger partial charge in [-0.2, -0.15) is 0 Å². The molecule has 30 heavy (non-hydrogen) atoms. The molecule has 0 atom stereocenters. The summed E-state index contributed by atoms with van der Waals surface area (Å²) in [6.07, 6.45) is 1.44. The first kappa shape index (κ1) is 21.5.